The molecule has 28 heavy (non-hydrogen) atoms. The van der Waals surface area contributed by atoms with Crippen molar-refractivity contribution in [3.8, 4) is 22.6 Å². The molecule has 0 heterocycles. The van der Waals surface area contributed by atoms with Gasteiger partial charge >= 0.3 is 11.9 Å². The first-order chi connectivity index (χ1) is 13.4. The first-order valence-electron chi connectivity index (χ1n) is 9.22. The maximum absolute atomic E-state index is 10.8. The van der Waals surface area contributed by atoms with Gasteiger partial charge < -0.3 is 19.7 Å². The molecule has 0 fully saturated rings. The Labute approximate surface area is 164 Å². The van der Waals surface area contributed by atoms with Gasteiger partial charge in [-0.05, 0) is 61.1 Å². The number of aliphatic carboxylic acids is 2. The average Bonchev–Trinajstić information content (AvgIpc) is 2.67. The van der Waals surface area contributed by atoms with Gasteiger partial charge in [-0.2, -0.15) is 0 Å². The molecule has 0 atom stereocenters. The minimum Gasteiger partial charge on any atom is -0.496 e. The van der Waals surface area contributed by atoms with Gasteiger partial charge in [-0.1, -0.05) is 12.1 Å². The molecule has 6 heteroatoms. The van der Waals surface area contributed by atoms with Crippen LogP contribution < -0.4 is 9.47 Å². The molecule has 6 nitrogen and oxygen atoms in total. The van der Waals surface area contributed by atoms with E-state index in [0.717, 1.165) is 22.3 Å². The Kier molecular flexibility index (Phi) is 7.87. The van der Waals surface area contributed by atoms with Gasteiger partial charge in [-0.3, -0.25) is 9.59 Å². The Hall–Kier alpha value is -3.02. The van der Waals surface area contributed by atoms with Crippen LogP contribution in [0.1, 0.15) is 36.8 Å². The third-order valence-corrected chi connectivity index (χ3v) is 4.53. The molecule has 2 N–H and O–H groups in total. The number of hydrogen-bond donors (Lipinski definition) is 2. The zero-order chi connectivity index (χ0) is 20.5. The van der Waals surface area contributed by atoms with Gasteiger partial charge in [0, 0.05) is 24.0 Å². The minimum absolute atomic E-state index is 0.129. The molecule has 2 rings (SSSR count). The number of aryl methyl sites for hydroxylation is 2. The van der Waals surface area contributed by atoms with Crippen LogP contribution in [-0.4, -0.2) is 36.4 Å². The van der Waals surface area contributed by atoms with Crippen molar-refractivity contribution >= 4 is 11.9 Å². The van der Waals surface area contributed by atoms with Crippen LogP contribution in [0, 0.1) is 0 Å². The van der Waals surface area contributed by atoms with Crippen LogP contribution in [0.4, 0.5) is 0 Å². The van der Waals surface area contributed by atoms with Crippen LogP contribution in [0.2, 0.25) is 0 Å². The SMILES string of the molecule is COc1ccc(CCCC(=O)O)cc1-c1cc(CCCC(=O)O)ccc1OC. The molecule has 150 valence electrons. The van der Waals surface area contributed by atoms with Crippen molar-refractivity contribution in [1.29, 1.82) is 0 Å². The van der Waals surface area contributed by atoms with Crippen molar-refractivity contribution in [2.75, 3.05) is 14.2 Å². The molecule has 0 aliphatic heterocycles. The largest absolute Gasteiger partial charge is 0.496 e. The Morgan fingerprint density at radius 3 is 1.46 bits per heavy atom. The monoisotopic (exact) mass is 386 g/mol. The fourth-order valence-electron chi connectivity index (χ4n) is 3.13. The first kappa shape index (κ1) is 21.3. The molecular weight excluding hydrogens is 360 g/mol. The molecule has 0 aromatic heterocycles. The molecule has 0 bridgehead atoms. The highest BCUT2D eigenvalue weighted by Gasteiger charge is 2.14. The standard InChI is InChI=1S/C22H26O6/c1-27-19-11-9-15(5-3-7-21(23)24)13-17(19)18-14-16(6-4-8-22(25)26)10-12-20(18)28-2/h9-14H,3-8H2,1-2H3,(H,23,24)(H,25,26). The van der Waals surface area contributed by atoms with E-state index in [-0.39, 0.29) is 12.8 Å². The second-order valence-corrected chi connectivity index (χ2v) is 6.56. The van der Waals surface area contributed by atoms with Crippen molar-refractivity contribution in [3.63, 3.8) is 0 Å². The first-order valence-corrected chi connectivity index (χ1v) is 9.22. The van der Waals surface area contributed by atoms with Gasteiger partial charge in [0.1, 0.15) is 11.5 Å². The van der Waals surface area contributed by atoms with E-state index in [1.54, 1.807) is 14.2 Å². The highest BCUT2D eigenvalue weighted by atomic mass is 16.5. The quantitative estimate of drug-likeness (QED) is 0.602. The van der Waals surface area contributed by atoms with E-state index in [4.69, 9.17) is 19.7 Å². The summed E-state index contributed by atoms with van der Waals surface area (Å²) in [5.74, 6) is -0.208. The number of hydrogen-bond acceptors (Lipinski definition) is 4. The number of carbonyl (C=O) groups is 2. The number of ether oxygens (including phenoxy) is 2. The van der Waals surface area contributed by atoms with Crippen molar-refractivity contribution < 1.29 is 29.3 Å². The van der Waals surface area contributed by atoms with Crippen molar-refractivity contribution in [2.45, 2.75) is 38.5 Å². The summed E-state index contributed by atoms with van der Waals surface area (Å²) in [7, 11) is 3.21. The summed E-state index contributed by atoms with van der Waals surface area (Å²) in [5.41, 5.74) is 3.78. The fraction of sp³-hybridized carbons (Fsp3) is 0.364. The molecule has 2 aromatic carbocycles. The summed E-state index contributed by atoms with van der Waals surface area (Å²) in [4.78, 5) is 21.5. The van der Waals surface area contributed by atoms with E-state index < -0.39 is 11.9 Å². The summed E-state index contributed by atoms with van der Waals surface area (Å²) in [6, 6.07) is 11.6. The lowest BCUT2D eigenvalue weighted by Gasteiger charge is -2.15. The van der Waals surface area contributed by atoms with Crippen molar-refractivity contribution in [2.24, 2.45) is 0 Å². The third kappa shape index (κ3) is 6.01. The molecular formula is C22H26O6. The molecule has 0 amide bonds. The van der Waals surface area contributed by atoms with Crippen LogP contribution >= 0.6 is 0 Å². The van der Waals surface area contributed by atoms with E-state index in [2.05, 4.69) is 0 Å². The predicted molar refractivity (Wildman–Crippen MR) is 106 cm³/mol. The van der Waals surface area contributed by atoms with E-state index in [1.807, 2.05) is 36.4 Å². The molecule has 0 saturated heterocycles. The average molecular weight is 386 g/mol. The normalized spacial score (nSPS) is 10.5. The second kappa shape index (κ2) is 10.3. The Balaban J connectivity index is 2.34. The van der Waals surface area contributed by atoms with Gasteiger partial charge in [0.05, 0.1) is 14.2 Å². The summed E-state index contributed by atoms with van der Waals surface area (Å²) in [6.07, 6.45) is 2.70. The molecule has 2 aromatic rings. The number of carboxylic acid groups (broad SMARTS) is 2. The molecule has 0 unspecified atom stereocenters. The lowest BCUT2D eigenvalue weighted by molar-refractivity contribution is -0.138. The number of carboxylic acids is 2. The molecule has 0 spiro atoms. The van der Waals surface area contributed by atoms with Crippen LogP contribution in [0.5, 0.6) is 11.5 Å². The fourth-order valence-corrected chi connectivity index (χ4v) is 3.13. The van der Waals surface area contributed by atoms with Gasteiger partial charge in [0.25, 0.3) is 0 Å². The van der Waals surface area contributed by atoms with Crippen LogP contribution in [0.25, 0.3) is 11.1 Å². The lowest BCUT2D eigenvalue weighted by Crippen LogP contribution is -1.99. The number of methoxy groups -OCH3 is 2. The van der Waals surface area contributed by atoms with Crippen LogP contribution in [0.15, 0.2) is 36.4 Å². The number of rotatable bonds is 11. The van der Waals surface area contributed by atoms with Gasteiger partial charge in [-0.15, -0.1) is 0 Å². The Bertz CT molecular complexity index is 758. The molecule has 0 radical (unpaired) electrons. The Morgan fingerprint density at radius 2 is 1.14 bits per heavy atom. The summed E-state index contributed by atoms with van der Waals surface area (Å²) in [5, 5.41) is 17.7. The van der Waals surface area contributed by atoms with E-state index >= 15 is 0 Å². The topological polar surface area (TPSA) is 93.1 Å². The van der Waals surface area contributed by atoms with E-state index in [9.17, 15) is 9.59 Å². The maximum Gasteiger partial charge on any atom is 0.303 e. The minimum atomic E-state index is -0.801. The molecule has 0 aliphatic carbocycles. The van der Waals surface area contributed by atoms with E-state index in [0.29, 0.717) is 37.2 Å². The highest BCUT2D eigenvalue weighted by molar-refractivity contribution is 5.77. The highest BCUT2D eigenvalue weighted by Crippen LogP contribution is 2.38. The third-order valence-electron chi connectivity index (χ3n) is 4.53. The van der Waals surface area contributed by atoms with Crippen molar-refractivity contribution in [3.05, 3.63) is 47.5 Å². The van der Waals surface area contributed by atoms with Crippen molar-refractivity contribution in [1.82, 2.24) is 0 Å². The zero-order valence-corrected chi connectivity index (χ0v) is 16.2. The second-order valence-electron chi connectivity index (χ2n) is 6.56. The maximum atomic E-state index is 10.8. The predicted octanol–water partition coefficient (Wildman–Crippen LogP) is 4.19. The number of benzene rings is 2. The van der Waals surface area contributed by atoms with Crippen LogP contribution in [0.3, 0.4) is 0 Å². The van der Waals surface area contributed by atoms with E-state index in [1.165, 1.54) is 0 Å². The molecule has 0 aliphatic rings. The lowest BCUT2D eigenvalue weighted by atomic mass is 9.96. The summed E-state index contributed by atoms with van der Waals surface area (Å²) in [6.45, 7) is 0. The Morgan fingerprint density at radius 1 is 0.750 bits per heavy atom. The molecule has 0 saturated carbocycles. The van der Waals surface area contributed by atoms with Crippen LogP contribution in [-0.2, 0) is 22.4 Å². The zero-order valence-electron chi connectivity index (χ0n) is 16.2. The summed E-state index contributed by atoms with van der Waals surface area (Å²) < 4.78 is 11.0. The summed E-state index contributed by atoms with van der Waals surface area (Å²) >= 11 is 0. The van der Waals surface area contributed by atoms with Gasteiger partial charge in [0.15, 0.2) is 0 Å². The van der Waals surface area contributed by atoms with Gasteiger partial charge in [0.2, 0.25) is 0 Å². The van der Waals surface area contributed by atoms with Gasteiger partial charge in [-0.25, -0.2) is 0 Å². The smallest absolute Gasteiger partial charge is 0.303 e.